The summed E-state index contributed by atoms with van der Waals surface area (Å²) in [6.07, 6.45) is 12.6. The molecule has 0 aromatic heterocycles. The molecule has 2 heteroatoms. The Morgan fingerprint density at radius 2 is 1.83 bits per heavy atom. The highest BCUT2D eigenvalue weighted by Gasteiger charge is 2.03. The maximum atomic E-state index is 11.0. The fourth-order valence-corrected chi connectivity index (χ4v) is 0.820. The predicted octanol–water partition coefficient (Wildman–Crippen LogP) is 1.77. The van der Waals surface area contributed by atoms with Crippen molar-refractivity contribution >= 4 is 5.97 Å². The molecule has 0 aromatic rings. The third-order valence-corrected chi connectivity index (χ3v) is 1.42. The lowest BCUT2D eigenvalue weighted by Crippen LogP contribution is -2.02. The van der Waals surface area contributed by atoms with Crippen LogP contribution in [0.3, 0.4) is 0 Å². The van der Waals surface area contributed by atoms with Gasteiger partial charge in [0.2, 0.25) is 0 Å². The van der Waals surface area contributed by atoms with Crippen molar-refractivity contribution in [3.63, 3.8) is 0 Å². The first kappa shape index (κ1) is 8.53. The number of ether oxygens (including phenoxy) is 1. The highest BCUT2D eigenvalue weighted by atomic mass is 16.5. The van der Waals surface area contributed by atoms with Gasteiger partial charge in [-0.15, -0.1) is 0 Å². The van der Waals surface area contributed by atoms with Gasteiger partial charge >= 0.3 is 5.97 Å². The van der Waals surface area contributed by atoms with E-state index in [1.165, 1.54) is 7.11 Å². The molecule has 0 saturated carbocycles. The molecule has 2 nitrogen and oxygen atoms in total. The zero-order valence-corrected chi connectivity index (χ0v) is 6.86. The quantitative estimate of drug-likeness (QED) is 0.549. The maximum absolute atomic E-state index is 11.0. The van der Waals surface area contributed by atoms with Gasteiger partial charge in [0.05, 0.1) is 12.7 Å². The Morgan fingerprint density at radius 3 is 2.58 bits per heavy atom. The van der Waals surface area contributed by atoms with E-state index in [2.05, 4.69) is 4.74 Å². The van der Waals surface area contributed by atoms with E-state index >= 15 is 0 Å². The van der Waals surface area contributed by atoms with E-state index in [1.807, 2.05) is 18.2 Å². The Morgan fingerprint density at radius 1 is 1.17 bits per heavy atom. The zero-order chi connectivity index (χ0) is 8.81. The van der Waals surface area contributed by atoms with Gasteiger partial charge in [0.1, 0.15) is 0 Å². The molecule has 0 N–H and O–H groups in total. The molecule has 0 spiro atoms. The van der Waals surface area contributed by atoms with Crippen LogP contribution in [0, 0.1) is 0 Å². The van der Waals surface area contributed by atoms with Crippen molar-refractivity contribution < 1.29 is 9.53 Å². The fraction of sp³-hybridized carbons (Fsp3) is 0.100. The Kier molecular flexibility index (Phi) is 3.08. The van der Waals surface area contributed by atoms with Gasteiger partial charge in [-0.1, -0.05) is 30.4 Å². The minimum atomic E-state index is -0.314. The molecule has 0 bridgehead atoms. The van der Waals surface area contributed by atoms with E-state index in [0.717, 1.165) is 0 Å². The largest absolute Gasteiger partial charge is 0.465 e. The molecule has 0 saturated heterocycles. The third-order valence-electron chi connectivity index (χ3n) is 1.42. The number of esters is 1. The van der Waals surface area contributed by atoms with E-state index in [9.17, 15) is 4.79 Å². The minimum absolute atomic E-state index is 0.314. The summed E-state index contributed by atoms with van der Waals surface area (Å²) in [7, 11) is 1.37. The summed E-state index contributed by atoms with van der Waals surface area (Å²) in [5.41, 5.74) is 0.554. The summed E-state index contributed by atoms with van der Waals surface area (Å²) < 4.78 is 4.57. The van der Waals surface area contributed by atoms with Crippen LogP contribution in [0.15, 0.2) is 48.1 Å². The first-order valence-electron chi connectivity index (χ1n) is 3.64. The molecule has 62 valence electrons. The number of allylic oxidation sites excluding steroid dienone is 6. The van der Waals surface area contributed by atoms with Gasteiger partial charge in [0.25, 0.3) is 0 Å². The van der Waals surface area contributed by atoms with Gasteiger partial charge in [-0.3, -0.25) is 0 Å². The van der Waals surface area contributed by atoms with Gasteiger partial charge in [-0.05, 0) is 12.2 Å². The van der Waals surface area contributed by atoms with Crippen LogP contribution >= 0.6 is 0 Å². The number of hydrogen-bond acceptors (Lipinski definition) is 2. The third kappa shape index (κ3) is 2.23. The Hall–Kier alpha value is -1.57. The standard InChI is InChI=1S/C10H10O2/c1-12-10(11)9-7-5-3-2-4-6-8-9/h2-8H,1H3/b3-2-,4-2?,5-3?,6-4-,7-5-,8-6?,9-7?,9-8+. The zero-order valence-electron chi connectivity index (χ0n) is 6.86. The maximum Gasteiger partial charge on any atom is 0.337 e. The molecule has 0 radical (unpaired) electrons. The van der Waals surface area contributed by atoms with Crippen molar-refractivity contribution in [1.29, 1.82) is 0 Å². The van der Waals surface area contributed by atoms with Crippen LogP contribution in [0.5, 0.6) is 0 Å². The molecule has 0 atom stereocenters. The normalized spacial score (nSPS) is 27.2. The minimum Gasteiger partial charge on any atom is -0.465 e. The lowest BCUT2D eigenvalue weighted by Gasteiger charge is -1.97. The van der Waals surface area contributed by atoms with Crippen molar-refractivity contribution in [2.45, 2.75) is 0 Å². The lowest BCUT2D eigenvalue weighted by atomic mass is 10.2. The van der Waals surface area contributed by atoms with Crippen LogP contribution in [0.1, 0.15) is 0 Å². The first-order chi connectivity index (χ1) is 5.84. The van der Waals surface area contributed by atoms with Crippen LogP contribution in [-0.4, -0.2) is 13.1 Å². The summed E-state index contributed by atoms with van der Waals surface area (Å²) in [5.74, 6) is -0.314. The summed E-state index contributed by atoms with van der Waals surface area (Å²) in [4.78, 5) is 11.0. The van der Waals surface area contributed by atoms with E-state index in [-0.39, 0.29) is 5.97 Å². The smallest absolute Gasteiger partial charge is 0.337 e. The first-order valence-corrected chi connectivity index (χ1v) is 3.64. The van der Waals surface area contributed by atoms with E-state index < -0.39 is 0 Å². The highest BCUT2D eigenvalue weighted by molar-refractivity contribution is 5.91. The number of hydrogen-bond donors (Lipinski definition) is 0. The molecular formula is C10H10O2. The van der Waals surface area contributed by atoms with Crippen LogP contribution < -0.4 is 0 Å². The van der Waals surface area contributed by atoms with Crippen LogP contribution in [0.2, 0.25) is 0 Å². The van der Waals surface area contributed by atoms with Crippen LogP contribution in [-0.2, 0) is 9.53 Å². The van der Waals surface area contributed by atoms with Gasteiger partial charge in [-0.2, -0.15) is 0 Å². The predicted molar refractivity (Wildman–Crippen MR) is 47.5 cm³/mol. The van der Waals surface area contributed by atoms with Crippen molar-refractivity contribution in [2.75, 3.05) is 7.11 Å². The average molecular weight is 162 g/mol. The Bertz CT molecular complexity index is 280. The van der Waals surface area contributed by atoms with Gasteiger partial charge in [-0.25, -0.2) is 4.79 Å². The lowest BCUT2D eigenvalue weighted by molar-refractivity contribution is -0.135. The molecular weight excluding hydrogens is 152 g/mol. The molecule has 0 fully saturated rings. The van der Waals surface area contributed by atoms with Gasteiger partial charge in [0, 0.05) is 0 Å². The molecule has 0 unspecified atom stereocenters. The van der Waals surface area contributed by atoms with Gasteiger partial charge in [0.15, 0.2) is 0 Å². The summed E-state index contributed by atoms with van der Waals surface area (Å²) >= 11 is 0. The molecule has 0 aliphatic heterocycles. The second-order valence-electron chi connectivity index (χ2n) is 2.24. The number of carbonyl (C=O) groups is 1. The second kappa shape index (κ2) is 4.34. The molecule has 0 amide bonds. The van der Waals surface area contributed by atoms with Crippen molar-refractivity contribution in [3.8, 4) is 0 Å². The number of carbonyl (C=O) groups excluding carboxylic acids is 1. The Labute approximate surface area is 71.5 Å². The van der Waals surface area contributed by atoms with Crippen LogP contribution in [0.4, 0.5) is 0 Å². The topological polar surface area (TPSA) is 26.3 Å². The van der Waals surface area contributed by atoms with Crippen molar-refractivity contribution in [1.82, 2.24) is 0 Å². The molecule has 1 aliphatic carbocycles. The van der Waals surface area contributed by atoms with E-state index in [1.54, 1.807) is 24.3 Å². The molecule has 1 aliphatic rings. The van der Waals surface area contributed by atoms with Crippen molar-refractivity contribution in [3.05, 3.63) is 48.1 Å². The molecule has 1 rings (SSSR count). The number of rotatable bonds is 1. The fourth-order valence-electron chi connectivity index (χ4n) is 0.820. The van der Waals surface area contributed by atoms with E-state index in [0.29, 0.717) is 5.57 Å². The Balaban J connectivity index is 2.82. The van der Waals surface area contributed by atoms with E-state index in [4.69, 9.17) is 0 Å². The SMILES string of the molecule is COC(=O)C1=C/C=C\C=C/C=C\1. The molecule has 0 aromatic carbocycles. The molecule has 12 heavy (non-hydrogen) atoms. The summed E-state index contributed by atoms with van der Waals surface area (Å²) in [6.45, 7) is 0. The highest BCUT2D eigenvalue weighted by Crippen LogP contribution is 2.02. The van der Waals surface area contributed by atoms with Gasteiger partial charge < -0.3 is 4.74 Å². The van der Waals surface area contributed by atoms with Crippen molar-refractivity contribution in [2.24, 2.45) is 0 Å². The average Bonchev–Trinajstić information content (AvgIpc) is 2.02. The number of methoxy groups -OCH3 is 1. The summed E-state index contributed by atoms with van der Waals surface area (Å²) in [6, 6.07) is 0. The molecule has 0 heterocycles. The second-order valence-corrected chi connectivity index (χ2v) is 2.24. The van der Waals surface area contributed by atoms with Crippen LogP contribution in [0.25, 0.3) is 0 Å². The monoisotopic (exact) mass is 162 g/mol. The summed E-state index contributed by atoms with van der Waals surface area (Å²) in [5, 5.41) is 0.